The largest absolute Gasteiger partial charge is 0.387 e. The topological polar surface area (TPSA) is 32.3 Å². The molecule has 0 aromatic heterocycles. The minimum absolute atomic E-state index is 0.209. The molecule has 1 aliphatic rings. The van der Waals surface area contributed by atoms with Gasteiger partial charge in [-0.3, -0.25) is 0 Å². The number of likely N-dealkylation sites (N-methyl/N-ethyl adjacent to an activating group) is 1. The van der Waals surface area contributed by atoms with E-state index in [1.165, 1.54) is 5.75 Å². The van der Waals surface area contributed by atoms with Crippen LogP contribution in [0.3, 0.4) is 0 Å². The summed E-state index contributed by atoms with van der Waals surface area (Å²) in [4.78, 5) is 0. The lowest BCUT2D eigenvalue weighted by molar-refractivity contribution is -0.00182. The molecule has 3 heteroatoms. The lowest BCUT2D eigenvalue weighted by Gasteiger charge is -2.42. The van der Waals surface area contributed by atoms with Crippen molar-refractivity contribution in [3.63, 3.8) is 0 Å². The van der Waals surface area contributed by atoms with Gasteiger partial charge in [0.1, 0.15) is 0 Å². The van der Waals surface area contributed by atoms with Crippen LogP contribution in [0.25, 0.3) is 0 Å². The number of rotatable bonds is 3. The molecule has 0 bridgehead atoms. The maximum Gasteiger partial charge on any atom is 0.0912 e. The summed E-state index contributed by atoms with van der Waals surface area (Å²) >= 11 is 1.89. The van der Waals surface area contributed by atoms with Crippen LogP contribution >= 0.6 is 11.8 Å². The highest BCUT2D eigenvalue weighted by molar-refractivity contribution is 8.00. The zero-order chi connectivity index (χ0) is 9.90. The maximum atomic E-state index is 10.5. The van der Waals surface area contributed by atoms with Gasteiger partial charge in [0.25, 0.3) is 0 Å². The van der Waals surface area contributed by atoms with Gasteiger partial charge in [-0.1, -0.05) is 13.8 Å². The third-order valence-electron chi connectivity index (χ3n) is 3.05. The molecule has 0 aliphatic carbocycles. The molecule has 13 heavy (non-hydrogen) atoms. The molecule has 3 unspecified atom stereocenters. The van der Waals surface area contributed by atoms with Crippen molar-refractivity contribution in [3.05, 3.63) is 0 Å². The first-order valence-electron chi connectivity index (χ1n) is 5.18. The summed E-state index contributed by atoms with van der Waals surface area (Å²) in [5, 5.41) is 14.1. The van der Waals surface area contributed by atoms with E-state index in [9.17, 15) is 5.11 Å². The van der Waals surface area contributed by atoms with E-state index in [2.05, 4.69) is 26.1 Å². The van der Waals surface area contributed by atoms with Gasteiger partial charge in [-0.25, -0.2) is 0 Å². The second-order valence-corrected chi connectivity index (χ2v) is 5.34. The lowest BCUT2D eigenvalue weighted by Crippen LogP contribution is -2.56. The number of hydrogen-bond acceptors (Lipinski definition) is 3. The highest BCUT2D eigenvalue weighted by atomic mass is 32.2. The first kappa shape index (κ1) is 11.3. The van der Waals surface area contributed by atoms with Crippen molar-refractivity contribution in [2.24, 2.45) is 0 Å². The van der Waals surface area contributed by atoms with Crippen molar-refractivity contribution in [2.45, 2.75) is 50.5 Å². The summed E-state index contributed by atoms with van der Waals surface area (Å²) in [5.41, 5.74) is -0.501. The molecular weight excluding hydrogens is 182 g/mol. The molecule has 78 valence electrons. The smallest absolute Gasteiger partial charge is 0.0912 e. The highest BCUT2D eigenvalue weighted by Gasteiger charge is 2.40. The molecule has 3 atom stereocenters. The van der Waals surface area contributed by atoms with E-state index in [0.29, 0.717) is 5.25 Å². The third-order valence-corrected chi connectivity index (χ3v) is 4.49. The zero-order valence-electron chi connectivity index (χ0n) is 8.84. The van der Waals surface area contributed by atoms with E-state index in [1.807, 2.05) is 11.8 Å². The molecule has 0 aromatic rings. The van der Waals surface area contributed by atoms with Crippen molar-refractivity contribution in [1.29, 1.82) is 0 Å². The van der Waals surface area contributed by atoms with Crippen molar-refractivity contribution in [1.82, 2.24) is 5.32 Å². The summed E-state index contributed by atoms with van der Waals surface area (Å²) in [7, 11) is 0. The SMILES string of the molecule is CCNC(C)C1(O)CCCSC1C. The van der Waals surface area contributed by atoms with E-state index in [1.54, 1.807) is 0 Å². The Hall–Kier alpha value is 0.270. The number of hydrogen-bond donors (Lipinski definition) is 2. The molecule has 0 saturated carbocycles. The summed E-state index contributed by atoms with van der Waals surface area (Å²) in [6.07, 6.45) is 2.08. The van der Waals surface area contributed by atoms with Gasteiger partial charge in [0, 0.05) is 11.3 Å². The Kier molecular flexibility index (Phi) is 4.07. The molecule has 0 spiro atoms. The fraction of sp³-hybridized carbons (Fsp3) is 1.00. The zero-order valence-corrected chi connectivity index (χ0v) is 9.66. The second-order valence-electron chi connectivity index (χ2n) is 3.89. The first-order chi connectivity index (χ1) is 6.11. The number of nitrogens with one attached hydrogen (secondary N) is 1. The van der Waals surface area contributed by atoms with Crippen LogP contribution in [0.4, 0.5) is 0 Å². The minimum Gasteiger partial charge on any atom is -0.387 e. The Labute approximate surface area is 85.5 Å². The van der Waals surface area contributed by atoms with E-state index >= 15 is 0 Å². The summed E-state index contributed by atoms with van der Waals surface area (Å²) < 4.78 is 0. The molecule has 2 N–H and O–H groups in total. The van der Waals surface area contributed by atoms with Gasteiger partial charge in [0.2, 0.25) is 0 Å². The van der Waals surface area contributed by atoms with Crippen LogP contribution in [-0.2, 0) is 0 Å². The van der Waals surface area contributed by atoms with Crippen LogP contribution in [0.1, 0.15) is 33.6 Å². The Morgan fingerprint density at radius 2 is 2.38 bits per heavy atom. The van der Waals surface area contributed by atoms with Crippen molar-refractivity contribution in [3.8, 4) is 0 Å². The van der Waals surface area contributed by atoms with Gasteiger partial charge in [-0.15, -0.1) is 0 Å². The quantitative estimate of drug-likeness (QED) is 0.731. The maximum absolute atomic E-state index is 10.5. The van der Waals surface area contributed by atoms with Crippen LogP contribution in [0.15, 0.2) is 0 Å². The number of aliphatic hydroxyl groups is 1. The summed E-state index contributed by atoms with van der Waals surface area (Å²) in [6.45, 7) is 7.24. The predicted octanol–water partition coefficient (Wildman–Crippen LogP) is 1.63. The van der Waals surface area contributed by atoms with Crippen LogP contribution in [0.5, 0.6) is 0 Å². The van der Waals surface area contributed by atoms with Gasteiger partial charge < -0.3 is 10.4 Å². The summed E-state index contributed by atoms with van der Waals surface area (Å²) in [6, 6.07) is 0.209. The normalized spacial score (nSPS) is 37.4. The molecular formula is C10H21NOS. The van der Waals surface area contributed by atoms with Crippen LogP contribution < -0.4 is 5.32 Å². The van der Waals surface area contributed by atoms with Gasteiger partial charge in [0.05, 0.1) is 5.60 Å². The van der Waals surface area contributed by atoms with Gasteiger partial charge in [0.15, 0.2) is 0 Å². The predicted molar refractivity (Wildman–Crippen MR) is 59.2 cm³/mol. The summed E-state index contributed by atoms with van der Waals surface area (Å²) in [5.74, 6) is 1.20. The Morgan fingerprint density at radius 3 is 2.92 bits per heavy atom. The number of thioether (sulfide) groups is 1. The molecule has 0 radical (unpaired) electrons. The third kappa shape index (κ3) is 2.39. The molecule has 1 rings (SSSR count). The van der Waals surface area contributed by atoms with Crippen LogP contribution in [-0.4, -0.2) is 34.3 Å². The van der Waals surface area contributed by atoms with Crippen LogP contribution in [0, 0.1) is 0 Å². The second kappa shape index (κ2) is 4.67. The van der Waals surface area contributed by atoms with E-state index in [0.717, 1.165) is 19.4 Å². The van der Waals surface area contributed by atoms with Crippen molar-refractivity contribution >= 4 is 11.8 Å². The first-order valence-corrected chi connectivity index (χ1v) is 6.23. The monoisotopic (exact) mass is 203 g/mol. The van der Waals surface area contributed by atoms with E-state index < -0.39 is 5.60 Å². The van der Waals surface area contributed by atoms with Gasteiger partial charge >= 0.3 is 0 Å². The fourth-order valence-electron chi connectivity index (χ4n) is 2.01. The molecule has 0 amide bonds. The Balaban J connectivity index is 2.59. The van der Waals surface area contributed by atoms with Gasteiger partial charge in [-0.2, -0.15) is 11.8 Å². The fourth-order valence-corrected chi connectivity index (χ4v) is 3.29. The lowest BCUT2D eigenvalue weighted by atomic mass is 9.87. The average Bonchev–Trinajstić information content (AvgIpc) is 2.11. The average molecular weight is 203 g/mol. The van der Waals surface area contributed by atoms with Gasteiger partial charge in [-0.05, 0) is 32.1 Å². The Bertz CT molecular complexity index is 165. The molecule has 1 saturated heterocycles. The standard InChI is InChI=1S/C10H21NOS/c1-4-11-8(2)10(12)6-5-7-13-9(10)3/h8-9,11-12H,4-7H2,1-3H3. The molecule has 0 aromatic carbocycles. The molecule has 1 heterocycles. The highest BCUT2D eigenvalue weighted by Crippen LogP contribution is 2.36. The van der Waals surface area contributed by atoms with E-state index in [4.69, 9.17) is 0 Å². The molecule has 1 fully saturated rings. The van der Waals surface area contributed by atoms with Crippen LogP contribution in [0.2, 0.25) is 0 Å². The Morgan fingerprint density at radius 1 is 1.69 bits per heavy atom. The van der Waals surface area contributed by atoms with Crippen molar-refractivity contribution in [2.75, 3.05) is 12.3 Å². The van der Waals surface area contributed by atoms with Crippen molar-refractivity contribution < 1.29 is 5.11 Å². The molecule has 1 aliphatic heterocycles. The minimum atomic E-state index is -0.501. The molecule has 2 nitrogen and oxygen atoms in total. The van der Waals surface area contributed by atoms with E-state index in [-0.39, 0.29) is 6.04 Å².